The minimum atomic E-state index is -0.180. The molecule has 0 bridgehead atoms. The van der Waals surface area contributed by atoms with Gasteiger partial charge in [-0.1, -0.05) is 12.1 Å². The lowest BCUT2D eigenvalue weighted by Gasteiger charge is -2.24. The zero-order chi connectivity index (χ0) is 14.2. The number of hydrogen-bond acceptors (Lipinski definition) is 4. The Morgan fingerprint density at radius 1 is 1.14 bits per heavy atom. The molecule has 1 atom stereocenters. The maximum absolute atomic E-state index is 13.1. The first-order valence-corrected chi connectivity index (χ1v) is 7.57. The summed E-state index contributed by atoms with van der Waals surface area (Å²) in [5.74, 6) is 0.771. The number of nitrogens with zero attached hydrogens (tertiary/aromatic N) is 5. The van der Waals surface area contributed by atoms with Crippen molar-refractivity contribution in [3.05, 3.63) is 41.5 Å². The number of benzene rings is 1. The third-order valence-electron chi connectivity index (χ3n) is 4.42. The largest absolute Gasteiger partial charge is 0.289 e. The van der Waals surface area contributed by atoms with Gasteiger partial charge in [0.2, 0.25) is 0 Å². The molecule has 1 aliphatic carbocycles. The Labute approximate surface area is 122 Å². The number of halogens is 1. The average molecular weight is 287 g/mol. The highest BCUT2D eigenvalue weighted by molar-refractivity contribution is 5.21. The second kappa shape index (κ2) is 5.18. The summed E-state index contributed by atoms with van der Waals surface area (Å²) in [5.41, 5.74) is 1.18. The van der Waals surface area contributed by atoms with Crippen LogP contribution in [0.3, 0.4) is 0 Å². The number of aromatic nitrogens is 4. The van der Waals surface area contributed by atoms with Crippen LogP contribution in [0, 0.1) is 5.82 Å². The smallest absolute Gasteiger partial charge is 0.165 e. The van der Waals surface area contributed by atoms with Crippen molar-refractivity contribution in [2.24, 2.45) is 0 Å². The Kier molecular flexibility index (Phi) is 3.18. The Morgan fingerprint density at radius 3 is 2.71 bits per heavy atom. The number of tetrazole rings is 1. The minimum absolute atomic E-state index is 0.180. The van der Waals surface area contributed by atoms with Crippen molar-refractivity contribution in [2.45, 2.75) is 44.3 Å². The van der Waals surface area contributed by atoms with E-state index in [1.807, 2.05) is 16.8 Å². The Hall–Kier alpha value is -1.82. The monoisotopic (exact) mass is 287 g/mol. The predicted molar refractivity (Wildman–Crippen MR) is 74.9 cm³/mol. The van der Waals surface area contributed by atoms with E-state index in [4.69, 9.17) is 0 Å². The molecule has 1 aromatic carbocycles. The van der Waals surface area contributed by atoms with E-state index in [0.29, 0.717) is 12.1 Å². The van der Waals surface area contributed by atoms with E-state index >= 15 is 0 Å². The molecule has 0 N–H and O–H groups in total. The zero-order valence-corrected chi connectivity index (χ0v) is 11.8. The van der Waals surface area contributed by atoms with Crippen LogP contribution in [0.25, 0.3) is 0 Å². The van der Waals surface area contributed by atoms with E-state index < -0.39 is 0 Å². The van der Waals surface area contributed by atoms with Crippen LogP contribution in [-0.4, -0.2) is 31.7 Å². The normalized spacial score (nSPS) is 22.8. The molecule has 5 nitrogen and oxygen atoms in total. The Bertz CT molecular complexity index is 619. The standard InChI is InChI=1S/C15H18FN5/c16-12-5-3-11(4-6-12)14-2-1-9-20(14)10-15-17-18-19-21(15)13-7-8-13/h3-6,13-14H,1-2,7-10H2. The molecule has 6 heteroatoms. The van der Waals surface area contributed by atoms with Gasteiger partial charge < -0.3 is 0 Å². The molecule has 1 aromatic heterocycles. The number of likely N-dealkylation sites (tertiary alicyclic amines) is 1. The van der Waals surface area contributed by atoms with E-state index in [9.17, 15) is 4.39 Å². The molecule has 0 amide bonds. The average Bonchev–Trinajstić information content (AvgIpc) is 3.06. The van der Waals surface area contributed by atoms with Crippen molar-refractivity contribution in [1.29, 1.82) is 0 Å². The summed E-state index contributed by atoms with van der Waals surface area (Å²) in [6, 6.07) is 7.71. The molecule has 1 saturated carbocycles. The maximum atomic E-state index is 13.1. The summed E-state index contributed by atoms with van der Waals surface area (Å²) in [6.07, 6.45) is 4.63. The van der Waals surface area contributed by atoms with Crippen molar-refractivity contribution in [2.75, 3.05) is 6.54 Å². The minimum Gasteiger partial charge on any atom is -0.289 e. The van der Waals surface area contributed by atoms with E-state index in [1.165, 1.54) is 18.4 Å². The summed E-state index contributed by atoms with van der Waals surface area (Å²) in [4.78, 5) is 2.40. The molecule has 110 valence electrons. The molecule has 1 aliphatic heterocycles. The second-order valence-corrected chi connectivity index (χ2v) is 5.95. The summed E-state index contributed by atoms with van der Waals surface area (Å²) in [6.45, 7) is 1.81. The van der Waals surface area contributed by atoms with Gasteiger partial charge >= 0.3 is 0 Å². The van der Waals surface area contributed by atoms with Gasteiger partial charge in [-0.2, -0.15) is 0 Å². The van der Waals surface area contributed by atoms with Gasteiger partial charge in [0.15, 0.2) is 5.82 Å². The lowest BCUT2D eigenvalue weighted by Crippen LogP contribution is -2.25. The van der Waals surface area contributed by atoms with Crippen molar-refractivity contribution in [3.63, 3.8) is 0 Å². The molecular weight excluding hydrogens is 269 g/mol. The first kappa shape index (κ1) is 12.9. The fraction of sp³-hybridized carbons (Fsp3) is 0.533. The topological polar surface area (TPSA) is 46.8 Å². The molecule has 2 fully saturated rings. The van der Waals surface area contributed by atoms with E-state index in [1.54, 1.807) is 12.1 Å². The summed E-state index contributed by atoms with van der Waals surface area (Å²) < 4.78 is 15.1. The van der Waals surface area contributed by atoms with Crippen molar-refractivity contribution >= 4 is 0 Å². The van der Waals surface area contributed by atoms with Crippen LogP contribution >= 0.6 is 0 Å². The van der Waals surface area contributed by atoms with Crippen LogP contribution in [0.5, 0.6) is 0 Å². The number of rotatable bonds is 4. The second-order valence-electron chi connectivity index (χ2n) is 5.95. The third-order valence-corrected chi connectivity index (χ3v) is 4.42. The van der Waals surface area contributed by atoms with Crippen LogP contribution in [-0.2, 0) is 6.54 Å². The fourth-order valence-electron chi connectivity index (χ4n) is 3.18. The molecule has 4 rings (SSSR count). The maximum Gasteiger partial charge on any atom is 0.165 e. The first-order chi connectivity index (χ1) is 10.3. The quantitative estimate of drug-likeness (QED) is 0.866. The molecule has 2 heterocycles. The Balaban J connectivity index is 1.53. The van der Waals surface area contributed by atoms with Crippen molar-refractivity contribution < 1.29 is 4.39 Å². The highest BCUT2D eigenvalue weighted by atomic mass is 19.1. The van der Waals surface area contributed by atoms with E-state index in [2.05, 4.69) is 20.4 Å². The van der Waals surface area contributed by atoms with Crippen LogP contribution in [0.15, 0.2) is 24.3 Å². The molecule has 0 radical (unpaired) electrons. The fourth-order valence-corrected chi connectivity index (χ4v) is 3.18. The predicted octanol–water partition coefficient (Wildman–Crippen LogP) is 2.48. The van der Waals surface area contributed by atoms with Crippen molar-refractivity contribution in [3.8, 4) is 0 Å². The highest BCUT2D eigenvalue weighted by Gasteiger charge is 2.31. The van der Waals surface area contributed by atoms with Gasteiger partial charge in [-0.15, -0.1) is 5.10 Å². The van der Waals surface area contributed by atoms with Gasteiger partial charge in [0, 0.05) is 6.04 Å². The molecule has 2 aromatic rings. The summed E-state index contributed by atoms with van der Waals surface area (Å²) in [5, 5.41) is 12.1. The molecule has 2 aliphatic rings. The van der Waals surface area contributed by atoms with Gasteiger partial charge in [0.05, 0.1) is 12.6 Å². The third kappa shape index (κ3) is 2.55. The van der Waals surface area contributed by atoms with Gasteiger partial charge in [0.1, 0.15) is 5.82 Å². The molecule has 21 heavy (non-hydrogen) atoms. The Morgan fingerprint density at radius 2 is 1.95 bits per heavy atom. The summed E-state index contributed by atoms with van der Waals surface area (Å²) in [7, 11) is 0. The van der Waals surface area contributed by atoms with Crippen LogP contribution < -0.4 is 0 Å². The van der Waals surface area contributed by atoms with Crippen LogP contribution in [0.2, 0.25) is 0 Å². The molecule has 0 spiro atoms. The van der Waals surface area contributed by atoms with Gasteiger partial charge in [-0.25, -0.2) is 9.07 Å². The highest BCUT2D eigenvalue weighted by Crippen LogP contribution is 2.36. The van der Waals surface area contributed by atoms with Crippen molar-refractivity contribution in [1.82, 2.24) is 25.1 Å². The van der Waals surface area contributed by atoms with E-state index in [-0.39, 0.29) is 5.82 Å². The summed E-state index contributed by atoms with van der Waals surface area (Å²) >= 11 is 0. The van der Waals surface area contributed by atoms with Gasteiger partial charge in [0.25, 0.3) is 0 Å². The molecule has 1 unspecified atom stereocenters. The first-order valence-electron chi connectivity index (χ1n) is 7.57. The van der Waals surface area contributed by atoms with Crippen LogP contribution in [0.4, 0.5) is 4.39 Å². The molecule has 1 saturated heterocycles. The van der Waals surface area contributed by atoms with Gasteiger partial charge in [-0.3, -0.25) is 4.90 Å². The SMILES string of the molecule is Fc1ccc(C2CCCN2Cc2nnnn2C2CC2)cc1. The van der Waals surface area contributed by atoms with Crippen LogP contribution in [0.1, 0.15) is 49.2 Å². The zero-order valence-electron chi connectivity index (χ0n) is 11.8. The van der Waals surface area contributed by atoms with Gasteiger partial charge in [-0.05, 0) is 60.4 Å². The lowest BCUT2D eigenvalue weighted by atomic mass is 10.0. The van der Waals surface area contributed by atoms with E-state index in [0.717, 1.165) is 31.8 Å². The number of hydrogen-bond donors (Lipinski definition) is 0. The molecular formula is C15H18FN5. The lowest BCUT2D eigenvalue weighted by molar-refractivity contribution is 0.237.